The number of halogens is 2. The van der Waals surface area contributed by atoms with Gasteiger partial charge in [0, 0.05) is 46.8 Å². The number of carbonyl (C=O) groups is 2. The molecule has 0 aliphatic heterocycles. The van der Waals surface area contributed by atoms with Crippen molar-refractivity contribution in [2.45, 2.75) is 6.92 Å². The van der Waals surface area contributed by atoms with Gasteiger partial charge in [-0.3, -0.25) is 32.6 Å². The Morgan fingerprint density at radius 3 is 1.78 bits per heavy atom. The van der Waals surface area contributed by atoms with Crippen LogP contribution < -0.4 is 24.7 Å². The van der Waals surface area contributed by atoms with Crippen LogP contribution in [0.5, 0.6) is 0 Å². The van der Waals surface area contributed by atoms with Crippen LogP contribution in [0.4, 0.5) is 20.2 Å². The molecule has 0 fully saturated rings. The third-order valence-electron chi connectivity index (χ3n) is 8.55. The fourth-order valence-corrected chi connectivity index (χ4v) is 6.60. The lowest BCUT2D eigenvalue weighted by atomic mass is 10.1. The fourth-order valence-electron chi connectivity index (χ4n) is 5.56. The van der Waals surface area contributed by atoms with Gasteiger partial charge in [0.05, 0.1) is 58.4 Å². The number of anilines is 2. The third kappa shape index (κ3) is 7.67. The van der Waals surface area contributed by atoms with Gasteiger partial charge in [-0.1, -0.05) is 0 Å². The molecule has 19 heteroatoms. The Kier molecular flexibility index (Phi) is 10.7. The quantitative estimate of drug-likeness (QED) is 0.209. The van der Waals surface area contributed by atoms with Crippen molar-refractivity contribution in [1.29, 1.82) is 0 Å². The molecule has 6 aromatic rings. The number of hydrogen-bond donors (Lipinski definition) is 3. The molecule has 0 atom stereocenters. The maximum absolute atomic E-state index is 13.3. The second kappa shape index (κ2) is 14.7. The van der Waals surface area contributed by atoms with Crippen LogP contribution in [0.3, 0.4) is 0 Å². The molecule has 0 radical (unpaired) electrons. The summed E-state index contributed by atoms with van der Waals surface area (Å²) in [5, 5.41) is 12.5. The Balaban J connectivity index is 0.000000240. The number of aromatic amines is 1. The predicted octanol–water partition coefficient (Wildman–Crippen LogP) is 3.64. The lowest BCUT2D eigenvalue weighted by Crippen LogP contribution is -2.29. The first kappa shape index (κ1) is 39.1. The van der Waals surface area contributed by atoms with E-state index < -0.39 is 43.0 Å². The Bertz CT molecular complexity index is 2720. The van der Waals surface area contributed by atoms with E-state index >= 15 is 0 Å². The Labute approximate surface area is 310 Å². The van der Waals surface area contributed by atoms with Gasteiger partial charge < -0.3 is 10.6 Å². The number of aryl methyl sites for hydroxylation is 1. The van der Waals surface area contributed by atoms with Crippen LogP contribution in [-0.2, 0) is 20.0 Å². The minimum absolute atomic E-state index is 0. The largest absolute Gasteiger partial charge is 0.355 e. The minimum atomic E-state index is -3.64. The molecule has 0 spiro atoms. The molecular weight excluding hydrogens is 747 g/mol. The Morgan fingerprint density at radius 2 is 1.26 bits per heavy atom. The molecular formula is C35H38F2N8O7S2. The standard InChI is InChI=1S/C18H19FN4O3S.C17H17FN4O4S.H2/c1-11-9-14-16(18(24)20-2)17(12-5-7-13(19)8-6-12)21-23(14)10-15(11)22(3)27(4,25)26;1-19-17(24)15-12-8-14(23)13(21(2)27(3,25)26)9-22(12)20-16(15)10-4-6-11(18)7-5-10;/h5-10H,1-4H3,(H,20,24);4-9,20H,1-3H3,(H,19,24);1H. The second-order valence-electron chi connectivity index (χ2n) is 12.2. The topological polar surface area (TPSA) is 188 Å². The summed E-state index contributed by atoms with van der Waals surface area (Å²) in [7, 11) is -1.42. The van der Waals surface area contributed by atoms with E-state index in [1.165, 1.54) is 85.9 Å². The van der Waals surface area contributed by atoms with Crippen LogP contribution in [-0.4, -0.2) is 88.6 Å². The van der Waals surface area contributed by atoms with Crippen LogP contribution in [0.2, 0.25) is 0 Å². The van der Waals surface area contributed by atoms with Gasteiger partial charge in [0.1, 0.15) is 23.0 Å². The van der Waals surface area contributed by atoms with Crippen molar-refractivity contribution in [3.8, 4) is 22.5 Å². The van der Waals surface area contributed by atoms with Gasteiger partial charge in [-0.25, -0.2) is 30.1 Å². The first-order chi connectivity index (χ1) is 25.3. The van der Waals surface area contributed by atoms with E-state index in [1.807, 2.05) is 0 Å². The fraction of sp³-hybridized carbons (Fsp3) is 0.200. The molecule has 286 valence electrons. The van der Waals surface area contributed by atoms with E-state index in [2.05, 4.69) is 20.8 Å². The second-order valence-corrected chi connectivity index (χ2v) is 16.2. The molecule has 0 saturated carbocycles. The molecule has 6 rings (SSSR count). The monoisotopic (exact) mass is 784 g/mol. The Hall–Kier alpha value is -6.08. The van der Waals surface area contributed by atoms with Crippen molar-refractivity contribution in [3.63, 3.8) is 0 Å². The molecule has 0 saturated heterocycles. The number of pyridine rings is 2. The van der Waals surface area contributed by atoms with Gasteiger partial charge in [0.25, 0.3) is 11.8 Å². The summed E-state index contributed by atoms with van der Waals surface area (Å²) in [4.78, 5) is 37.4. The van der Waals surface area contributed by atoms with Gasteiger partial charge in [-0.15, -0.1) is 0 Å². The first-order valence-electron chi connectivity index (χ1n) is 15.9. The number of rotatable bonds is 8. The summed E-state index contributed by atoms with van der Waals surface area (Å²) in [6.07, 6.45) is 4.96. The van der Waals surface area contributed by atoms with Crippen molar-refractivity contribution in [3.05, 3.63) is 112 Å². The number of nitrogens with one attached hydrogen (secondary N) is 3. The van der Waals surface area contributed by atoms with Crippen molar-refractivity contribution < 1.29 is 36.6 Å². The summed E-state index contributed by atoms with van der Waals surface area (Å²) in [6, 6.07) is 14.1. The van der Waals surface area contributed by atoms with Crippen LogP contribution in [0.25, 0.3) is 33.5 Å². The zero-order valence-corrected chi connectivity index (χ0v) is 31.7. The number of fused-ring (bicyclic) bond motifs is 2. The molecule has 54 heavy (non-hydrogen) atoms. The van der Waals surface area contributed by atoms with Gasteiger partial charge in [0.2, 0.25) is 25.5 Å². The molecule has 2 aromatic carbocycles. The van der Waals surface area contributed by atoms with Crippen molar-refractivity contribution in [1.82, 2.24) is 29.9 Å². The van der Waals surface area contributed by atoms with Crippen LogP contribution >= 0.6 is 0 Å². The zero-order chi connectivity index (χ0) is 39.9. The Morgan fingerprint density at radius 1 is 0.759 bits per heavy atom. The minimum Gasteiger partial charge on any atom is -0.355 e. The number of sulfonamides is 2. The van der Waals surface area contributed by atoms with Crippen LogP contribution in [0, 0.1) is 18.6 Å². The number of hydrogen-bond acceptors (Lipinski definition) is 8. The maximum Gasteiger partial charge on any atom is 0.255 e. The normalized spacial score (nSPS) is 11.6. The van der Waals surface area contributed by atoms with Gasteiger partial charge in [0.15, 0.2) is 0 Å². The predicted molar refractivity (Wildman–Crippen MR) is 204 cm³/mol. The number of H-pyrrole nitrogens is 1. The molecule has 4 aromatic heterocycles. The molecule has 0 aliphatic rings. The summed E-state index contributed by atoms with van der Waals surface area (Å²) in [5.41, 5.74) is 3.66. The SMILES string of the molecule is CNC(=O)c1c(-c2ccc(F)cc2)[nH]n2cc(N(C)S(C)(=O)=O)c(=O)cc12.CNC(=O)c1c(-c2ccc(F)cc2)nn2cc(N(C)S(C)(=O)=O)c(C)cc12.[HH]. The third-order valence-corrected chi connectivity index (χ3v) is 10.9. The molecule has 0 aliphatic carbocycles. The molecule has 4 heterocycles. The summed E-state index contributed by atoms with van der Waals surface area (Å²) in [5.74, 6) is -1.61. The number of aromatic nitrogens is 4. The first-order valence-corrected chi connectivity index (χ1v) is 19.6. The van der Waals surface area contributed by atoms with Crippen molar-refractivity contribution >= 4 is 54.3 Å². The highest BCUT2D eigenvalue weighted by Crippen LogP contribution is 2.31. The van der Waals surface area contributed by atoms with Crippen molar-refractivity contribution in [2.75, 3.05) is 49.3 Å². The molecule has 0 unspecified atom stereocenters. The average molecular weight is 785 g/mol. The van der Waals surface area contributed by atoms with Gasteiger partial charge in [-0.05, 0) is 67.1 Å². The van der Waals surface area contributed by atoms with Gasteiger partial charge in [-0.2, -0.15) is 5.10 Å². The lowest BCUT2D eigenvalue weighted by Gasteiger charge is -2.19. The highest BCUT2D eigenvalue weighted by molar-refractivity contribution is 7.92. The van der Waals surface area contributed by atoms with E-state index in [0.717, 1.165) is 21.1 Å². The van der Waals surface area contributed by atoms with Crippen LogP contribution in [0.15, 0.2) is 77.9 Å². The smallest absolute Gasteiger partial charge is 0.255 e. The molecule has 0 bridgehead atoms. The van der Waals surface area contributed by atoms with Crippen molar-refractivity contribution in [2.24, 2.45) is 0 Å². The van der Waals surface area contributed by atoms with E-state index in [1.54, 1.807) is 31.3 Å². The molecule has 15 nitrogen and oxygen atoms in total. The number of carbonyl (C=O) groups excluding carboxylic acids is 2. The summed E-state index contributed by atoms with van der Waals surface area (Å²) >= 11 is 0. The summed E-state index contributed by atoms with van der Waals surface area (Å²) in [6.45, 7) is 1.76. The number of nitrogens with zero attached hydrogens (tertiary/aromatic N) is 5. The van der Waals surface area contributed by atoms with Gasteiger partial charge >= 0.3 is 0 Å². The zero-order valence-electron chi connectivity index (χ0n) is 30.1. The van der Waals surface area contributed by atoms with E-state index in [-0.39, 0.29) is 24.1 Å². The number of benzene rings is 2. The average Bonchev–Trinajstić information content (AvgIpc) is 3.67. The van der Waals surface area contributed by atoms with E-state index in [4.69, 9.17) is 0 Å². The maximum atomic E-state index is 13.3. The summed E-state index contributed by atoms with van der Waals surface area (Å²) < 4.78 is 78.7. The highest BCUT2D eigenvalue weighted by Gasteiger charge is 2.25. The lowest BCUT2D eigenvalue weighted by molar-refractivity contribution is 0.0957. The van der Waals surface area contributed by atoms with Crippen LogP contribution in [0.1, 0.15) is 27.7 Å². The van der Waals surface area contributed by atoms with E-state index in [0.29, 0.717) is 44.8 Å². The highest BCUT2D eigenvalue weighted by atomic mass is 32.2. The number of amides is 2. The molecule has 3 N–H and O–H groups in total. The van der Waals surface area contributed by atoms with E-state index in [9.17, 15) is 40.0 Å². The molecule has 2 amide bonds.